The molecule has 3 fully saturated rings. The van der Waals surface area contributed by atoms with Gasteiger partial charge in [-0.2, -0.15) is 0 Å². The van der Waals surface area contributed by atoms with E-state index in [1.54, 1.807) is 0 Å². The van der Waals surface area contributed by atoms with Crippen molar-refractivity contribution in [1.82, 2.24) is 0 Å². The van der Waals surface area contributed by atoms with E-state index in [4.69, 9.17) is 9.98 Å². The third-order valence-electron chi connectivity index (χ3n) is 11.2. The van der Waals surface area contributed by atoms with Crippen LogP contribution in [0.15, 0.2) is 9.98 Å². The topological polar surface area (TPSA) is 96.7 Å². The molecule has 0 aromatic carbocycles. The quantitative estimate of drug-likeness (QED) is 0.283. The first kappa shape index (κ1) is 44.2. The van der Waals surface area contributed by atoms with E-state index in [0.29, 0.717) is 11.8 Å². The van der Waals surface area contributed by atoms with Crippen LogP contribution >= 0.6 is 0 Å². The average molecular weight is 863 g/mol. The monoisotopic (exact) mass is 862 g/mol. The second kappa shape index (κ2) is 17.0. The molecule has 10 atom stereocenters. The predicted octanol–water partition coefficient (Wildman–Crippen LogP) is 7.80. The van der Waals surface area contributed by atoms with Crippen molar-refractivity contribution < 1.29 is 76.5 Å². The summed E-state index contributed by atoms with van der Waals surface area (Å²) in [4.78, 5) is 10.4. The number of rotatable bonds is 4. The molecule has 0 bridgehead atoms. The summed E-state index contributed by atoms with van der Waals surface area (Å²) < 4.78 is 0. The number of hydrogen-bond acceptors (Lipinski definition) is 4. The van der Waals surface area contributed by atoms with Crippen molar-refractivity contribution in [3.63, 3.8) is 0 Å². The van der Waals surface area contributed by atoms with Crippen LogP contribution in [-0.4, -0.2) is 52.4 Å². The maximum Gasteiger partial charge on any atom is 0.0719 e. The summed E-state index contributed by atoms with van der Waals surface area (Å²) in [6, 6.07) is 0.357. The summed E-state index contributed by atoms with van der Waals surface area (Å²) in [6.45, 7) is 27.8. The summed E-state index contributed by atoms with van der Waals surface area (Å²) in [6.07, 6.45) is 12.3. The normalized spacial score (nSPS) is 36.5. The molecule has 0 aromatic rings. The van der Waals surface area contributed by atoms with E-state index in [2.05, 4.69) is 95.5 Å². The molecule has 2 radical (unpaired) electrons. The van der Waals surface area contributed by atoms with Crippen LogP contribution in [0.25, 0.3) is 0 Å². The van der Waals surface area contributed by atoms with Crippen molar-refractivity contribution >= 4 is 12.4 Å². The van der Waals surface area contributed by atoms with Crippen molar-refractivity contribution in [3.05, 3.63) is 0 Å². The molecule has 0 aliphatic heterocycles. The zero-order valence-electron chi connectivity index (χ0n) is 29.8. The van der Waals surface area contributed by atoms with Crippen molar-refractivity contribution in [2.45, 2.75) is 159 Å². The van der Waals surface area contributed by atoms with Crippen LogP contribution in [0, 0.1) is 101 Å². The van der Waals surface area contributed by atoms with E-state index in [9.17, 15) is 10.2 Å². The van der Waals surface area contributed by atoms with Gasteiger partial charge in [-0.15, -0.1) is 0 Å². The molecule has 43 heavy (non-hydrogen) atoms. The van der Waals surface area contributed by atoms with E-state index < -0.39 is 0 Å². The summed E-state index contributed by atoms with van der Waals surface area (Å²) in [5, 5.41) is 23.0. The van der Waals surface area contributed by atoms with Gasteiger partial charge in [-0.3, -0.25) is 9.98 Å². The zero-order chi connectivity index (χ0) is 30.3. The van der Waals surface area contributed by atoms with Gasteiger partial charge in [0, 0.05) is 85.1 Å². The molecule has 0 spiro atoms. The predicted molar refractivity (Wildman–Crippen MR) is 176 cm³/mol. The zero-order valence-corrected chi connectivity index (χ0v) is 35.6. The molecule has 8 unspecified atom stereocenters. The van der Waals surface area contributed by atoms with Crippen LogP contribution in [0.4, 0.5) is 0 Å². The molecule has 3 aliphatic carbocycles. The van der Waals surface area contributed by atoms with Crippen LogP contribution in [0.1, 0.15) is 134 Å². The standard InChI is InChI=1S/C36H66N2O2.Ac.Co.H2O/c1-33(2,3)25-17-23(31(39)27(19-25)35(7,8)9)21-37-29-15-13-14-16-30(29)38-22-24-18-26(34(4,5)6)20-28(32(24)40)36(10,11)12;;;/h21-32,39-40H,13-20H2,1-12H3;;;1H2/t23?,24?,25?,26?,27?,28?,29-,30-,31?,32?;;;/m1.../s1. The molecule has 0 saturated heterocycles. The third-order valence-corrected chi connectivity index (χ3v) is 11.2. The summed E-state index contributed by atoms with van der Waals surface area (Å²) in [5.41, 5.74) is 0.599. The Morgan fingerprint density at radius 2 is 0.837 bits per heavy atom. The maximum atomic E-state index is 11.5. The van der Waals surface area contributed by atoms with E-state index >= 15 is 0 Å². The van der Waals surface area contributed by atoms with Crippen LogP contribution in [0.5, 0.6) is 0 Å². The number of nitrogens with zero attached hydrogens (tertiary/aromatic N) is 2. The maximum absolute atomic E-state index is 11.5. The molecule has 3 saturated carbocycles. The van der Waals surface area contributed by atoms with Crippen LogP contribution in [0.2, 0.25) is 0 Å². The largest absolute Gasteiger partial charge is 0.412 e. The number of aliphatic hydroxyl groups is 2. The van der Waals surface area contributed by atoms with Gasteiger partial charge >= 0.3 is 0 Å². The Hall–Kier alpha value is 1.17. The van der Waals surface area contributed by atoms with Gasteiger partial charge in [-0.1, -0.05) is 95.9 Å². The Kier molecular flexibility index (Phi) is 17.5. The summed E-state index contributed by atoms with van der Waals surface area (Å²) >= 11 is 0. The van der Waals surface area contributed by atoms with E-state index in [-0.39, 0.29) is 136 Å². The summed E-state index contributed by atoms with van der Waals surface area (Å²) in [7, 11) is 0. The van der Waals surface area contributed by atoms with Crippen LogP contribution in [-0.2, 0) is 16.8 Å². The first-order valence-corrected chi connectivity index (χ1v) is 16.6. The molecule has 0 aromatic heterocycles. The molecular formula is C36H68AcCoN2O3. The smallest absolute Gasteiger partial charge is 0.0719 e. The fraction of sp³-hybridized carbons (Fsp3) is 0.944. The van der Waals surface area contributed by atoms with Gasteiger partial charge in [0.15, 0.2) is 0 Å². The molecule has 4 N–H and O–H groups in total. The molecule has 252 valence electrons. The minimum atomic E-state index is -0.339. The fourth-order valence-electron chi connectivity index (χ4n) is 7.94. The van der Waals surface area contributed by atoms with E-state index in [1.807, 2.05) is 0 Å². The minimum absolute atomic E-state index is 0. The second-order valence-electron chi connectivity index (χ2n) is 18.3. The first-order valence-electron chi connectivity index (χ1n) is 16.6. The molecule has 5 nitrogen and oxygen atoms in total. The van der Waals surface area contributed by atoms with E-state index in [0.717, 1.165) is 38.5 Å². The Bertz CT molecular complexity index is 811. The second-order valence-corrected chi connectivity index (χ2v) is 18.3. The van der Waals surface area contributed by atoms with Gasteiger partial charge in [0.05, 0.1) is 24.3 Å². The number of aliphatic imine (C=N–C) groups is 2. The van der Waals surface area contributed by atoms with Gasteiger partial charge in [-0.25, -0.2) is 0 Å². The Labute approximate surface area is 312 Å². The Morgan fingerprint density at radius 1 is 0.535 bits per heavy atom. The number of aliphatic hydroxyl groups excluding tert-OH is 2. The van der Waals surface area contributed by atoms with Crippen LogP contribution in [0.3, 0.4) is 0 Å². The fourth-order valence-corrected chi connectivity index (χ4v) is 7.94. The molecule has 3 rings (SSSR count). The molecule has 3 aliphatic rings. The van der Waals surface area contributed by atoms with E-state index in [1.165, 1.54) is 12.8 Å². The molecule has 0 heterocycles. The van der Waals surface area contributed by atoms with Crippen molar-refractivity contribution in [2.24, 2.45) is 67.2 Å². The van der Waals surface area contributed by atoms with Gasteiger partial charge in [0.2, 0.25) is 0 Å². The van der Waals surface area contributed by atoms with Crippen LogP contribution < -0.4 is 0 Å². The Balaban J connectivity index is 0.00000588. The average Bonchev–Trinajstić information content (AvgIpc) is 2.80. The minimum Gasteiger partial charge on any atom is -0.412 e. The Morgan fingerprint density at radius 3 is 1.09 bits per heavy atom. The molecule has 7 heteroatoms. The van der Waals surface area contributed by atoms with Crippen molar-refractivity contribution in [2.75, 3.05) is 0 Å². The van der Waals surface area contributed by atoms with Gasteiger partial charge in [-0.05, 0) is 83.9 Å². The first-order chi connectivity index (χ1) is 18.2. The van der Waals surface area contributed by atoms with Gasteiger partial charge < -0.3 is 15.7 Å². The van der Waals surface area contributed by atoms with Crippen molar-refractivity contribution in [3.8, 4) is 0 Å². The van der Waals surface area contributed by atoms with Crippen molar-refractivity contribution in [1.29, 1.82) is 0 Å². The molecular weight excluding hydrogens is 794 g/mol. The molecule has 0 amide bonds. The third kappa shape index (κ3) is 12.0. The summed E-state index contributed by atoms with van der Waals surface area (Å²) in [5.74, 6) is 1.93. The SMILES string of the molecule is CC(C)(C)C1CC(C=N[C@@H]2CCCC[C@H]2N=CC2CC(C(C)(C)C)CC(C(C)(C)C)C2O)C(O)C(C(C)(C)C)C1.O.[Ac].[Co]. The van der Waals surface area contributed by atoms with Gasteiger partial charge in [0.25, 0.3) is 0 Å². The number of hydrogen-bond donors (Lipinski definition) is 2. The van der Waals surface area contributed by atoms with Gasteiger partial charge in [0.1, 0.15) is 0 Å².